The van der Waals surface area contributed by atoms with Gasteiger partial charge in [-0.15, -0.1) is 0 Å². The summed E-state index contributed by atoms with van der Waals surface area (Å²) in [5.74, 6) is -0.818. The van der Waals surface area contributed by atoms with Gasteiger partial charge >= 0.3 is 0 Å². The maximum atomic E-state index is 12.4. The molecule has 0 aromatic heterocycles. The number of carbonyl (C=O) groups is 3. The van der Waals surface area contributed by atoms with E-state index in [4.69, 9.17) is 0 Å². The monoisotopic (exact) mass is 333 g/mol. The first-order valence-electron chi connectivity index (χ1n) is 8.24. The summed E-state index contributed by atoms with van der Waals surface area (Å²) in [7, 11) is 0. The summed E-state index contributed by atoms with van der Waals surface area (Å²) < 4.78 is 0. The van der Waals surface area contributed by atoms with Crippen LogP contribution in [0.4, 0.5) is 11.4 Å². The third kappa shape index (κ3) is 6.02. The average Bonchev–Trinajstić information content (AvgIpc) is 2.52. The Kier molecular flexibility index (Phi) is 7.42. The Morgan fingerprint density at radius 1 is 0.917 bits per heavy atom. The number of nitrogens with one attached hydrogen (secondary N) is 3. The van der Waals surface area contributed by atoms with Crippen LogP contribution in [0.5, 0.6) is 0 Å². The van der Waals surface area contributed by atoms with Gasteiger partial charge in [-0.3, -0.25) is 14.4 Å². The minimum Gasteiger partial charge on any atom is -0.355 e. The quantitative estimate of drug-likeness (QED) is 0.505. The first-order valence-corrected chi connectivity index (χ1v) is 8.24. The van der Waals surface area contributed by atoms with Gasteiger partial charge < -0.3 is 16.0 Å². The van der Waals surface area contributed by atoms with Crippen LogP contribution in [0.25, 0.3) is 0 Å². The van der Waals surface area contributed by atoms with E-state index >= 15 is 0 Å². The highest BCUT2D eigenvalue weighted by atomic mass is 16.2. The fourth-order valence-corrected chi connectivity index (χ4v) is 2.03. The van der Waals surface area contributed by atoms with Crippen LogP contribution in [-0.4, -0.2) is 24.3 Å². The standard InChI is InChI=1S/C18H27N3O3/c1-5-6-7-12-19-16(23)18(3,4)17(24)21-15-10-8-14(9-11-15)20-13(2)22/h8-11H,5-7,12H2,1-4H3,(H,19,23)(H,20,22)(H,21,24). The van der Waals surface area contributed by atoms with Crippen LogP contribution in [0, 0.1) is 5.41 Å². The van der Waals surface area contributed by atoms with E-state index < -0.39 is 5.41 Å². The second-order valence-electron chi connectivity index (χ2n) is 6.30. The second-order valence-corrected chi connectivity index (χ2v) is 6.30. The Morgan fingerprint density at radius 3 is 1.96 bits per heavy atom. The lowest BCUT2D eigenvalue weighted by molar-refractivity contribution is -0.138. The Labute approximate surface area is 143 Å². The summed E-state index contributed by atoms with van der Waals surface area (Å²) in [6.45, 7) is 7.30. The first-order chi connectivity index (χ1) is 11.3. The zero-order valence-electron chi connectivity index (χ0n) is 14.9. The van der Waals surface area contributed by atoms with Crippen LogP contribution < -0.4 is 16.0 Å². The molecule has 6 nitrogen and oxygen atoms in total. The number of amides is 3. The number of carbonyl (C=O) groups excluding carboxylic acids is 3. The molecule has 0 spiro atoms. The van der Waals surface area contributed by atoms with Crippen molar-refractivity contribution in [2.45, 2.75) is 47.0 Å². The lowest BCUT2D eigenvalue weighted by Gasteiger charge is -2.22. The van der Waals surface area contributed by atoms with Crippen LogP contribution >= 0.6 is 0 Å². The smallest absolute Gasteiger partial charge is 0.239 e. The molecule has 1 rings (SSSR count). The Balaban J connectivity index is 2.61. The minimum atomic E-state index is -1.16. The molecule has 0 heterocycles. The molecule has 0 fully saturated rings. The fraction of sp³-hybridized carbons (Fsp3) is 0.500. The molecule has 0 aliphatic rings. The molecule has 0 aliphatic heterocycles. The molecular formula is C18H27N3O3. The van der Waals surface area contributed by atoms with E-state index in [1.165, 1.54) is 6.92 Å². The van der Waals surface area contributed by atoms with Crippen molar-refractivity contribution < 1.29 is 14.4 Å². The lowest BCUT2D eigenvalue weighted by atomic mass is 9.91. The molecule has 3 amide bonds. The number of unbranched alkanes of at least 4 members (excludes halogenated alkanes) is 2. The average molecular weight is 333 g/mol. The van der Waals surface area contributed by atoms with E-state index in [1.54, 1.807) is 38.1 Å². The topological polar surface area (TPSA) is 87.3 Å². The molecule has 0 radical (unpaired) electrons. The molecule has 6 heteroatoms. The van der Waals surface area contributed by atoms with Gasteiger partial charge in [0.15, 0.2) is 0 Å². The summed E-state index contributed by atoms with van der Waals surface area (Å²) in [5, 5.41) is 8.19. The molecule has 132 valence electrons. The molecule has 1 aromatic rings. The molecule has 0 saturated heterocycles. The highest BCUT2D eigenvalue weighted by Gasteiger charge is 2.35. The van der Waals surface area contributed by atoms with Gasteiger partial charge in [0.05, 0.1) is 0 Å². The summed E-state index contributed by atoms with van der Waals surface area (Å²) in [5.41, 5.74) is 0.0529. The zero-order valence-corrected chi connectivity index (χ0v) is 14.9. The van der Waals surface area contributed by atoms with E-state index in [-0.39, 0.29) is 17.7 Å². The number of anilines is 2. The van der Waals surface area contributed by atoms with Gasteiger partial charge in [0.25, 0.3) is 0 Å². The van der Waals surface area contributed by atoms with Gasteiger partial charge in [-0.25, -0.2) is 0 Å². The van der Waals surface area contributed by atoms with Crippen LogP contribution in [0.1, 0.15) is 47.0 Å². The molecule has 0 unspecified atom stereocenters. The van der Waals surface area contributed by atoms with Gasteiger partial charge in [-0.2, -0.15) is 0 Å². The van der Waals surface area contributed by atoms with Gasteiger partial charge in [-0.1, -0.05) is 19.8 Å². The van der Waals surface area contributed by atoms with E-state index in [2.05, 4.69) is 22.9 Å². The van der Waals surface area contributed by atoms with Gasteiger partial charge in [0.2, 0.25) is 17.7 Å². The highest BCUT2D eigenvalue weighted by molar-refractivity contribution is 6.09. The minimum absolute atomic E-state index is 0.160. The number of benzene rings is 1. The third-order valence-electron chi connectivity index (χ3n) is 3.66. The van der Waals surface area contributed by atoms with Crippen LogP contribution in [0.15, 0.2) is 24.3 Å². The summed E-state index contributed by atoms with van der Waals surface area (Å²) in [6, 6.07) is 6.74. The van der Waals surface area contributed by atoms with Crippen molar-refractivity contribution >= 4 is 29.1 Å². The maximum absolute atomic E-state index is 12.4. The predicted molar refractivity (Wildman–Crippen MR) is 95.7 cm³/mol. The molecular weight excluding hydrogens is 306 g/mol. The van der Waals surface area contributed by atoms with E-state index in [9.17, 15) is 14.4 Å². The zero-order chi connectivity index (χ0) is 18.2. The van der Waals surface area contributed by atoms with Gasteiger partial charge in [-0.05, 0) is 44.5 Å². The van der Waals surface area contributed by atoms with E-state index in [0.29, 0.717) is 17.9 Å². The van der Waals surface area contributed by atoms with E-state index in [0.717, 1.165) is 19.3 Å². The SMILES string of the molecule is CCCCCNC(=O)C(C)(C)C(=O)Nc1ccc(NC(C)=O)cc1. The molecule has 0 bridgehead atoms. The van der Waals surface area contributed by atoms with Crippen LogP contribution in [-0.2, 0) is 14.4 Å². The second kappa shape index (κ2) is 9.05. The van der Waals surface area contributed by atoms with Crippen molar-refractivity contribution in [3.05, 3.63) is 24.3 Å². The number of hydrogen-bond donors (Lipinski definition) is 3. The first kappa shape index (κ1) is 19.7. The Bertz CT molecular complexity index is 580. The maximum Gasteiger partial charge on any atom is 0.239 e. The normalized spacial score (nSPS) is 10.8. The largest absolute Gasteiger partial charge is 0.355 e. The van der Waals surface area contributed by atoms with Crippen molar-refractivity contribution in [3.63, 3.8) is 0 Å². The van der Waals surface area contributed by atoms with Gasteiger partial charge in [0, 0.05) is 24.8 Å². The molecule has 0 saturated carbocycles. The number of hydrogen-bond acceptors (Lipinski definition) is 3. The van der Waals surface area contributed by atoms with Crippen molar-refractivity contribution in [2.75, 3.05) is 17.2 Å². The molecule has 0 aliphatic carbocycles. The Morgan fingerprint density at radius 2 is 1.46 bits per heavy atom. The summed E-state index contributed by atoms with van der Waals surface area (Å²) in [6.07, 6.45) is 3.03. The Hall–Kier alpha value is -2.37. The van der Waals surface area contributed by atoms with Crippen molar-refractivity contribution in [1.82, 2.24) is 5.32 Å². The van der Waals surface area contributed by atoms with Gasteiger partial charge in [0.1, 0.15) is 5.41 Å². The lowest BCUT2D eigenvalue weighted by Crippen LogP contribution is -2.45. The highest BCUT2D eigenvalue weighted by Crippen LogP contribution is 2.20. The summed E-state index contributed by atoms with van der Waals surface area (Å²) >= 11 is 0. The third-order valence-corrected chi connectivity index (χ3v) is 3.66. The predicted octanol–water partition coefficient (Wildman–Crippen LogP) is 2.92. The van der Waals surface area contributed by atoms with Crippen LogP contribution in [0.2, 0.25) is 0 Å². The van der Waals surface area contributed by atoms with Crippen molar-refractivity contribution in [2.24, 2.45) is 5.41 Å². The van der Waals surface area contributed by atoms with Crippen molar-refractivity contribution in [3.8, 4) is 0 Å². The fourth-order valence-electron chi connectivity index (χ4n) is 2.03. The summed E-state index contributed by atoms with van der Waals surface area (Å²) in [4.78, 5) is 35.6. The van der Waals surface area contributed by atoms with E-state index in [1.807, 2.05) is 0 Å². The molecule has 1 aromatic carbocycles. The van der Waals surface area contributed by atoms with Crippen LogP contribution in [0.3, 0.4) is 0 Å². The molecule has 3 N–H and O–H groups in total. The number of rotatable bonds is 8. The molecule has 24 heavy (non-hydrogen) atoms. The van der Waals surface area contributed by atoms with Crippen molar-refractivity contribution in [1.29, 1.82) is 0 Å². The molecule has 0 atom stereocenters.